The van der Waals surface area contributed by atoms with E-state index in [1.54, 1.807) is 0 Å². The Morgan fingerprint density at radius 2 is 1.89 bits per heavy atom. The van der Waals surface area contributed by atoms with Gasteiger partial charge in [0.25, 0.3) is 11.8 Å². The number of hydrogen-bond donors (Lipinski definition) is 3. The first-order chi connectivity index (χ1) is 12.9. The number of hydrogen-bond acceptors (Lipinski definition) is 2. The van der Waals surface area contributed by atoms with Gasteiger partial charge in [-0.1, -0.05) is 11.6 Å². The number of anilines is 1. The fraction of sp³-hybridized carbons (Fsp3) is 0.579. The normalized spacial score (nSPS) is 23.9. The van der Waals surface area contributed by atoms with Crippen LogP contribution in [-0.4, -0.2) is 68.6 Å². The molecule has 1 aromatic carbocycles. The van der Waals surface area contributed by atoms with Crippen LogP contribution in [0, 0.1) is 5.82 Å². The molecule has 0 spiro atoms. The molecule has 2 amide bonds. The molecule has 0 bridgehead atoms. The first-order valence-electron chi connectivity index (χ1n) is 9.66. The molecule has 3 N–H and O–H groups in total. The highest BCUT2D eigenvalue weighted by Gasteiger charge is 2.33. The van der Waals surface area contributed by atoms with E-state index < -0.39 is 5.82 Å². The first kappa shape index (κ1) is 20.0. The Labute approximate surface area is 164 Å². The number of benzene rings is 1. The van der Waals surface area contributed by atoms with Gasteiger partial charge in [0.15, 0.2) is 12.6 Å². The maximum atomic E-state index is 13.1. The van der Waals surface area contributed by atoms with Gasteiger partial charge in [-0.05, 0) is 38.0 Å². The lowest BCUT2D eigenvalue weighted by Gasteiger charge is -2.32. The predicted molar refractivity (Wildman–Crippen MR) is 102 cm³/mol. The number of rotatable bonds is 5. The summed E-state index contributed by atoms with van der Waals surface area (Å²) in [5.41, 5.74) is 0.426. The Kier molecular flexibility index (Phi) is 6.68. The van der Waals surface area contributed by atoms with Crippen LogP contribution in [0.1, 0.15) is 19.8 Å². The molecular weight excluding hydrogens is 371 g/mol. The van der Waals surface area contributed by atoms with Crippen LogP contribution in [-0.2, 0) is 9.59 Å². The standard InChI is InChI=1S/C19H26ClFN4O2/c1-14(19(27)22-17-5-4-15(21)12-16(17)20)24-10-8-23(9-11-24)13-18(26)25-6-2-3-7-25/h4-5,12,14H,2-3,6-11,13H2,1H3,(H,22,27)/p+2/t14-/m0/s1. The highest BCUT2D eigenvalue weighted by Crippen LogP contribution is 2.22. The van der Waals surface area contributed by atoms with Crippen LogP contribution in [0.3, 0.4) is 0 Å². The lowest BCUT2D eigenvalue weighted by atomic mass is 10.2. The van der Waals surface area contributed by atoms with Crippen molar-refractivity contribution < 1.29 is 23.8 Å². The molecule has 1 aromatic rings. The maximum Gasteiger partial charge on any atom is 0.282 e. The smallest absolute Gasteiger partial charge is 0.282 e. The van der Waals surface area contributed by atoms with E-state index in [4.69, 9.17) is 11.6 Å². The zero-order chi connectivity index (χ0) is 19.4. The topological polar surface area (TPSA) is 58.3 Å². The van der Waals surface area contributed by atoms with Crippen molar-refractivity contribution in [2.45, 2.75) is 25.8 Å². The van der Waals surface area contributed by atoms with Crippen molar-refractivity contribution in [3.63, 3.8) is 0 Å². The fourth-order valence-electron chi connectivity index (χ4n) is 3.84. The van der Waals surface area contributed by atoms with Crippen molar-refractivity contribution in [3.05, 3.63) is 29.0 Å². The Morgan fingerprint density at radius 1 is 1.22 bits per heavy atom. The summed E-state index contributed by atoms with van der Waals surface area (Å²) in [6, 6.07) is 3.71. The van der Waals surface area contributed by atoms with Gasteiger partial charge >= 0.3 is 0 Å². The summed E-state index contributed by atoms with van der Waals surface area (Å²) in [5.74, 6) is -0.308. The Balaban J connectivity index is 1.46. The van der Waals surface area contributed by atoms with Crippen LogP contribution >= 0.6 is 11.6 Å². The van der Waals surface area contributed by atoms with E-state index in [1.165, 1.54) is 28.0 Å². The lowest BCUT2D eigenvalue weighted by molar-refractivity contribution is -1.01. The molecule has 27 heavy (non-hydrogen) atoms. The van der Waals surface area contributed by atoms with E-state index in [-0.39, 0.29) is 22.9 Å². The number of halogens is 2. The summed E-state index contributed by atoms with van der Waals surface area (Å²) in [4.78, 5) is 29.3. The van der Waals surface area contributed by atoms with Gasteiger partial charge in [0.2, 0.25) is 0 Å². The highest BCUT2D eigenvalue weighted by molar-refractivity contribution is 6.33. The molecule has 3 rings (SSSR count). The molecule has 0 radical (unpaired) electrons. The molecule has 2 fully saturated rings. The SMILES string of the molecule is C[C@@H](C(=O)Nc1ccc(F)cc1Cl)[NH+]1CC[NH+](CC(=O)N2CCCC2)CC1. The third kappa shape index (κ3) is 5.18. The van der Waals surface area contributed by atoms with E-state index in [0.29, 0.717) is 12.2 Å². The Bertz CT molecular complexity index is 688. The van der Waals surface area contributed by atoms with Crippen LogP contribution in [0.15, 0.2) is 18.2 Å². The molecular formula is C19H28ClFN4O2+2. The Hall–Kier alpha value is -1.70. The Morgan fingerprint density at radius 3 is 2.52 bits per heavy atom. The summed E-state index contributed by atoms with van der Waals surface area (Å²) >= 11 is 5.98. The van der Waals surface area contributed by atoms with E-state index in [9.17, 15) is 14.0 Å². The van der Waals surface area contributed by atoms with E-state index in [2.05, 4.69) is 5.32 Å². The van der Waals surface area contributed by atoms with E-state index in [1.807, 2.05) is 11.8 Å². The van der Waals surface area contributed by atoms with Gasteiger partial charge in [0.1, 0.15) is 32.0 Å². The number of nitrogens with zero attached hydrogens (tertiary/aromatic N) is 1. The zero-order valence-electron chi connectivity index (χ0n) is 15.7. The minimum absolute atomic E-state index is 0.130. The molecule has 2 heterocycles. The van der Waals surface area contributed by atoms with Gasteiger partial charge < -0.3 is 20.0 Å². The third-order valence-corrected chi connectivity index (χ3v) is 5.97. The molecule has 0 aliphatic carbocycles. The maximum absolute atomic E-state index is 13.1. The van der Waals surface area contributed by atoms with Crippen LogP contribution in [0.25, 0.3) is 0 Å². The van der Waals surface area contributed by atoms with Crippen molar-refractivity contribution >= 4 is 29.1 Å². The molecule has 2 saturated heterocycles. The van der Waals surface area contributed by atoms with Crippen LogP contribution in [0.4, 0.5) is 10.1 Å². The average molecular weight is 399 g/mol. The molecule has 6 nitrogen and oxygen atoms in total. The molecule has 2 aliphatic rings. The second-order valence-electron chi connectivity index (χ2n) is 7.51. The quantitative estimate of drug-likeness (QED) is 0.609. The number of amides is 2. The largest absolute Gasteiger partial charge is 0.338 e. The second-order valence-corrected chi connectivity index (χ2v) is 7.92. The highest BCUT2D eigenvalue weighted by atomic mass is 35.5. The minimum atomic E-state index is -0.431. The number of carbonyl (C=O) groups is 2. The molecule has 148 valence electrons. The number of piperazine rings is 1. The third-order valence-electron chi connectivity index (χ3n) is 5.65. The summed E-state index contributed by atoms with van der Waals surface area (Å²) in [6.45, 7) is 7.68. The van der Waals surface area contributed by atoms with Gasteiger partial charge in [-0.25, -0.2) is 4.39 Å². The monoisotopic (exact) mass is 398 g/mol. The van der Waals surface area contributed by atoms with E-state index >= 15 is 0 Å². The van der Waals surface area contributed by atoms with Crippen molar-refractivity contribution in [2.75, 3.05) is 51.1 Å². The molecule has 0 saturated carbocycles. The van der Waals surface area contributed by atoms with Gasteiger partial charge in [-0.2, -0.15) is 0 Å². The van der Waals surface area contributed by atoms with Crippen molar-refractivity contribution in [3.8, 4) is 0 Å². The average Bonchev–Trinajstić information content (AvgIpc) is 3.19. The number of nitrogens with one attached hydrogen (secondary N) is 3. The molecule has 0 unspecified atom stereocenters. The van der Waals surface area contributed by atoms with Gasteiger partial charge in [-0.15, -0.1) is 0 Å². The lowest BCUT2D eigenvalue weighted by Crippen LogP contribution is -3.30. The number of likely N-dealkylation sites (tertiary alicyclic amines) is 1. The molecule has 8 heteroatoms. The van der Waals surface area contributed by atoms with E-state index in [0.717, 1.165) is 52.1 Å². The van der Waals surface area contributed by atoms with Gasteiger partial charge in [-0.3, -0.25) is 9.59 Å². The second kappa shape index (κ2) is 8.99. The number of quaternary nitrogens is 2. The van der Waals surface area contributed by atoms with Crippen molar-refractivity contribution in [2.24, 2.45) is 0 Å². The van der Waals surface area contributed by atoms with Gasteiger partial charge in [0, 0.05) is 13.1 Å². The van der Waals surface area contributed by atoms with Crippen LogP contribution < -0.4 is 15.1 Å². The van der Waals surface area contributed by atoms with Crippen LogP contribution in [0.2, 0.25) is 5.02 Å². The summed E-state index contributed by atoms with van der Waals surface area (Å²) in [7, 11) is 0. The summed E-state index contributed by atoms with van der Waals surface area (Å²) in [5, 5.41) is 2.98. The summed E-state index contributed by atoms with van der Waals surface area (Å²) in [6.07, 6.45) is 2.23. The van der Waals surface area contributed by atoms with Gasteiger partial charge in [0.05, 0.1) is 10.7 Å². The summed E-state index contributed by atoms with van der Waals surface area (Å²) < 4.78 is 13.1. The fourth-order valence-corrected chi connectivity index (χ4v) is 4.06. The molecule has 2 aliphatic heterocycles. The minimum Gasteiger partial charge on any atom is -0.338 e. The predicted octanol–water partition coefficient (Wildman–Crippen LogP) is -0.788. The first-order valence-corrected chi connectivity index (χ1v) is 10.0. The van der Waals surface area contributed by atoms with Crippen molar-refractivity contribution in [1.82, 2.24) is 4.90 Å². The molecule has 0 aromatic heterocycles. The molecule has 1 atom stereocenters. The number of carbonyl (C=O) groups excluding carboxylic acids is 2. The zero-order valence-corrected chi connectivity index (χ0v) is 16.4. The van der Waals surface area contributed by atoms with Crippen LogP contribution in [0.5, 0.6) is 0 Å². The van der Waals surface area contributed by atoms with Crippen molar-refractivity contribution in [1.29, 1.82) is 0 Å².